The van der Waals surface area contributed by atoms with Gasteiger partial charge in [0.2, 0.25) is 0 Å². The van der Waals surface area contributed by atoms with Crippen LogP contribution in [0.15, 0.2) is 11.2 Å². The van der Waals surface area contributed by atoms with Crippen molar-refractivity contribution in [1.29, 1.82) is 0 Å². The highest BCUT2D eigenvalue weighted by molar-refractivity contribution is 8.02. The van der Waals surface area contributed by atoms with E-state index in [0.29, 0.717) is 11.8 Å². The Hall–Kier alpha value is -0.790. The molecule has 2 atom stereocenters. The van der Waals surface area contributed by atoms with Crippen LogP contribution < -0.4 is 0 Å². The first-order valence-corrected chi connectivity index (χ1v) is 8.27. The van der Waals surface area contributed by atoms with Gasteiger partial charge in [-0.2, -0.15) is 0 Å². The van der Waals surface area contributed by atoms with Crippen molar-refractivity contribution in [1.82, 2.24) is 9.80 Å². The Labute approximate surface area is 124 Å². The third kappa shape index (κ3) is 4.10. The summed E-state index contributed by atoms with van der Waals surface area (Å²) in [6, 6.07) is 0. The highest BCUT2D eigenvalue weighted by Crippen LogP contribution is 2.23. The number of nitro groups is 1. The van der Waals surface area contributed by atoms with E-state index in [9.17, 15) is 10.1 Å². The van der Waals surface area contributed by atoms with Crippen molar-refractivity contribution in [3.8, 4) is 0 Å². The van der Waals surface area contributed by atoms with Gasteiger partial charge >= 0.3 is 0 Å². The summed E-state index contributed by atoms with van der Waals surface area (Å²) in [6.45, 7) is 8.76. The van der Waals surface area contributed by atoms with Gasteiger partial charge in [-0.25, -0.2) is 0 Å². The van der Waals surface area contributed by atoms with Crippen molar-refractivity contribution in [3.63, 3.8) is 0 Å². The molecule has 0 bridgehead atoms. The molecule has 0 aromatic carbocycles. The molecule has 0 radical (unpaired) electrons. The van der Waals surface area contributed by atoms with E-state index in [4.69, 9.17) is 4.74 Å². The molecule has 2 rings (SSSR count). The maximum Gasteiger partial charge on any atom is 0.264 e. The van der Waals surface area contributed by atoms with Gasteiger partial charge in [-0.05, 0) is 18.1 Å². The number of piperazine rings is 1. The number of ether oxygens (including phenoxy) is 1. The smallest absolute Gasteiger partial charge is 0.264 e. The Morgan fingerprint density at radius 3 is 2.60 bits per heavy atom. The summed E-state index contributed by atoms with van der Waals surface area (Å²) < 4.78 is 5.51. The highest BCUT2D eigenvalue weighted by Gasteiger charge is 2.28. The Morgan fingerprint density at radius 2 is 2.10 bits per heavy atom. The molecule has 6 nitrogen and oxygen atoms in total. The molecule has 0 aliphatic carbocycles. The van der Waals surface area contributed by atoms with Crippen LogP contribution in [0.1, 0.15) is 6.92 Å². The predicted molar refractivity (Wildman–Crippen MR) is 80.1 cm³/mol. The largest absolute Gasteiger partial charge is 0.381 e. The van der Waals surface area contributed by atoms with Gasteiger partial charge in [-0.3, -0.25) is 15.0 Å². The normalized spacial score (nSPS) is 28.9. The van der Waals surface area contributed by atoms with Crippen LogP contribution in [-0.4, -0.2) is 66.9 Å². The van der Waals surface area contributed by atoms with Crippen LogP contribution in [0.5, 0.6) is 0 Å². The molecule has 0 N–H and O–H groups in total. The van der Waals surface area contributed by atoms with Crippen molar-refractivity contribution in [2.75, 3.05) is 52.2 Å². The summed E-state index contributed by atoms with van der Waals surface area (Å²) in [5.74, 6) is 1.28. The molecule has 0 aromatic rings. The molecule has 0 saturated carbocycles. The van der Waals surface area contributed by atoms with Gasteiger partial charge < -0.3 is 9.64 Å². The quantitative estimate of drug-likeness (QED) is 0.564. The van der Waals surface area contributed by atoms with Crippen molar-refractivity contribution in [2.45, 2.75) is 6.92 Å². The fourth-order valence-electron chi connectivity index (χ4n) is 2.77. The summed E-state index contributed by atoms with van der Waals surface area (Å²) in [5, 5.41) is 11.4. The Morgan fingerprint density at radius 1 is 1.40 bits per heavy atom. The van der Waals surface area contributed by atoms with Gasteiger partial charge in [0.05, 0.1) is 11.5 Å². The lowest BCUT2D eigenvalue weighted by Crippen LogP contribution is -2.47. The van der Waals surface area contributed by atoms with Gasteiger partial charge in [-0.15, -0.1) is 11.8 Å². The minimum atomic E-state index is -0.365. The van der Waals surface area contributed by atoms with E-state index in [0.717, 1.165) is 57.2 Å². The molecule has 0 spiro atoms. The monoisotopic (exact) mass is 301 g/mol. The van der Waals surface area contributed by atoms with Gasteiger partial charge in [-0.1, -0.05) is 6.92 Å². The molecule has 2 unspecified atom stereocenters. The number of rotatable bonds is 5. The molecule has 2 heterocycles. The first-order valence-electron chi connectivity index (χ1n) is 7.04. The topological polar surface area (TPSA) is 58.9 Å². The van der Waals surface area contributed by atoms with E-state index < -0.39 is 0 Å². The van der Waals surface area contributed by atoms with Crippen LogP contribution in [0.25, 0.3) is 0 Å². The average Bonchev–Trinajstić information content (AvgIpc) is 2.82. The van der Waals surface area contributed by atoms with E-state index in [-0.39, 0.29) is 4.92 Å². The van der Waals surface area contributed by atoms with Crippen LogP contribution in [-0.2, 0) is 4.74 Å². The maximum atomic E-state index is 10.6. The summed E-state index contributed by atoms with van der Waals surface area (Å²) in [4.78, 5) is 14.8. The van der Waals surface area contributed by atoms with Crippen LogP contribution in [0.4, 0.5) is 0 Å². The number of hydrogen-bond acceptors (Lipinski definition) is 6. The summed E-state index contributed by atoms with van der Waals surface area (Å²) >= 11 is 1.45. The Balaban J connectivity index is 1.81. The zero-order valence-electron chi connectivity index (χ0n) is 12.2. The van der Waals surface area contributed by atoms with Crippen LogP contribution in [0.3, 0.4) is 0 Å². The molecular weight excluding hydrogens is 278 g/mol. The fourth-order valence-corrected chi connectivity index (χ4v) is 3.41. The molecule has 2 fully saturated rings. The third-order valence-corrected chi connectivity index (χ3v) is 4.90. The van der Waals surface area contributed by atoms with E-state index in [1.807, 2.05) is 6.26 Å². The standard InChI is InChI=1S/C13H23N3O3S/c1-11-9-19-10-12(11)7-14-3-5-15(6-4-14)13(20-2)8-16(17)18/h8,11-12H,3-7,9-10H2,1-2H3. The van der Waals surface area contributed by atoms with Crippen molar-refractivity contribution >= 4 is 11.8 Å². The van der Waals surface area contributed by atoms with E-state index >= 15 is 0 Å². The van der Waals surface area contributed by atoms with Crippen molar-refractivity contribution in [3.05, 3.63) is 21.3 Å². The van der Waals surface area contributed by atoms with Crippen molar-refractivity contribution in [2.24, 2.45) is 11.8 Å². The highest BCUT2D eigenvalue weighted by atomic mass is 32.2. The van der Waals surface area contributed by atoms with Gasteiger partial charge in [0.15, 0.2) is 0 Å². The maximum absolute atomic E-state index is 10.6. The predicted octanol–water partition coefficient (Wildman–Crippen LogP) is 1.33. The molecule has 2 saturated heterocycles. The lowest BCUT2D eigenvalue weighted by atomic mass is 9.97. The second kappa shape index (κ2) is 7.28. The van der Waals surface area contributed by atoms with E-state index in [1.165, 1.54) is 11.8 Å². The average molecular weight is 301 g/mol. The second-order valence-electron chi connectivity index (χ2n) is 5.52. The van der Waals surface area contributed by atoms with Crippen LogP contribution in [0, 0.1) is 22.0 Å². The first-order chi connectivity index (χ1) is 9.60. The zero-order valence-corrected chi connectivity index (χ0v) is 13.0. The zero-order chi connectivity index (χ0) is 14.5. The minimum Gasteiger partial charge on any atom is -0.381 e. The van der Waals surface area contributed by atoms with Crippen molar-refractivity contribution < 1.29 is 9.66 Å². The summed E-state index contributed by atoms with van der Waals surface area (Å²) in [6.07, 6.45) is 3.01. The minimum absolute atomic E-state index is 0.365. The Kier molecular flexibility index (Phi) is 5.68. The molecule has 20 heavy (non-hydrogen) atoms. The summed E-state index contributed by atoms with van der Waals surface area (Å²) in [7, 11) is 0. The lowest BCUT2D eigenvalue weighted by molar-refractivity contribution is -0.403. The number of hydrogen-bond donors (Lipinski definition) is 0. The summed E-state index contributed by atoms with van der Waals surface area (Å²) in [5.41, 5.74) is 0. The molecule has 2 aliphatic rings. The molecule has 7 heteroatoms. The van der Waals surface area contributed by atoms with Crippen LogP contribution >= 0.6 is 11.8 Å². The third-order valence-electron chi connectivity index (χ3n) is 4.12. The molecule has 114 valence electrons. The van der Waals surface area contributed by atoms with E-state index in [2.05, 4.69) is 16.7 Å². The SMILES string of the molecule is CSC(=C[N+](=O)[O-])N1CCN(CC2COCC2C)CC1. The van der Waals surface area contributed by atoms with Crippen LogP contribution in [0.2, 0.25) is 0 Å². The van der Waals surface area contributed by atoms with Gasteiger partial charge in [0, 0.05) is 39.3 Å². The Bertz CT molecular complexity index is 370. The van der Waals surface area contributed by atoms with E-state index in [1.54, 1.807) is 0 Å². The molecule has 0 amide bonds. The number of thioether (sulfide) groups is 1. The number of nitrogens with zero attached hydrogens (tertiary/aromatic N) is 3. The lowest BCUT2D eigenvalue weighted by Gasteiger charge is -2.37. The van der Waals surface area contributed by atoms with Gasteiger partial charge in [0.1, 0.15) is 5.03 Å². The first kappa shape index (κ1) is 15.6. The molecule has 0 aromatic heterocycles. The molecule has 2 aliphatic heterocycles. The molecular formula is C13H23N3O3S. The second-order valence-corrected chi connectivity index (χ2v) is 6.35. The fraction of sp³-hybridized carbons (Fsp3) is 0.846. The van der Waals surface area contributed by atoms with Gasteiger partial charge in [0.25, 0.3) is 6.20 Å².